The van der Waals surface area contributed by atoms with E-state index in [1.54, 1.807) is 55.3 Å². The fraction of sp³-hybridized carbons (Fsp3) is 0.167. The fourth-order valence-corrected chi connectivity index (χ4v) is 4.75. The van der Waals surface area contributed by atoms with Gasteiger partial charge in [-0.3, -0.25) is 14.9 Å². The summed E-state index contributed by atoms with van der Waals surface area (Å²) in [5, 5.41) is 20.3. The molecule has 0 atom stereocenters. The SMILES string of the molecule is CSCc1cc(C(=O)Nc2c(C)cc(C#N)cc2C(=O)Nc2ncc(C)s2)n(-c2ncccc2Cl)n1. The second-order valence-corrected chi connectivity index (χ2v) is 10.2. The number of anilines is 2. The number of amides is 2. The quantitative estimate of drug-likeness (QED) is 0.330. The number of pyridine rings is 1. The third-order valence-corrected chi connectivity index (χ3v) is 6.72. The van der Waals surface area contributed by atoms with Crippen LogP contribution in [0.1, 0.15) is 42.5 Å². The Kier molecular flexibility index (Phi) is 7.69. The number of aromatic nitrogens is 4. The number of hydrogen-bond donors (Lipinski definition) is 2. The van der Waals surface area contributed by atoms with E-state index >= 15 is 0 Å². The average molecular weight is 538 g/mol. The lowest BCUT2D eigenvalue weighted by molar-refractivity contribution is 0.101. The van der Waals surface area contributed by atoms with Crippen molar-refractivity contribution in [1.29, 1.82) is 5.26 Å². The predicted molar refractivity (Wildman–Crippen MR) is 142 cm³/mol. The zero-order valence-electron chi connectivity index (χ0n) is 19.5. The molecule has 9 nitrogen and oxygen atoms in total. The van der Waals surface area contributed by atoms with E-state index in [2.05, 4.69) is 31.8 Å². The molecule has 2 N–H and O–H groups in total. The topological polar surface area (TPSA) is 126 Å². The molecule has 0 bridgehead atoms. The van der Waals surface area contributed by atoms with Crippen LogP contribution in [0.3, 0.4) is 0 Å². The highest BCUT2D eigenvalue weighted by Crippen LogP contribution is 2.27. The van der Waals surface area contributed by atoms with Gasteiger partial charge in [-0.1, -0.05) is 11.6 Å². The first kappa shape index (κ1) is 25.4. The van der Waals surface area contributed by atoms with Crippen LogP contribution in [0.4, 0.5) is 10.8 Å². The Morgan fingerprint density at radius 2 is 2.00 bits per heavy atom. The second kappa shape index (κ2) is 10.9. The van der Waals surface area contributed by atoms with Gasteiger partial charge in [0.2, 0.25) is 0 Å². The molecule has 2 amide bonds. The third kappa shape index (κ3) is 5.41. The van der Waals surface area contributed by atoms with E-state index in [-0.39, 0.29) is 16.9 Å². The largest absolute Gasteiger partial charge is 0.320 e. The van der Waals surface area contributed by atoms with Crippen LogP contribution in [0.2, 0.25) is 5.02 Å². The molecule has 0 aliphatic carbocycles. The monoisotopic (exact) mass is 537 g/mol. The van der Waals surface area contributed by atoms with Crippen LogP contribution in [0.5, 0.6) is 0 Å². The van der Waals surface area contributed by atoms with Crippen molar-refractivity contribution in [1.82, 2.24) is 19.7 Å². The molecule has 36 heavy (non-hydrogen) atoms. The molecule has 4 rings (SSSR count). The summed E-state index contributed by atoms with van der Waals surface area (Å²) in [5.74, 6) is -0.118. The normalized spacial score (nSPS) is 10.6. The number of benzene rings is 1. The number of thiazole rings is 1. The van der Waals surface area contributed by atoms with E-state index in [0.717, 1.165) is 4.88 Å². The summed E-state index contributed by atoms with van der Waals surface area (Å²) in [7, 11) is 0. The molecule has 3 heterocycles. The zero-order chi connectivity index (χ0) is 25.8. The number of nitrogens with one attached hydrogen (secondary N) is 2. The van der Waals surface area contributed by atoms with Gasteiger partial charge in [0.05, 0.1) is 33.6 Å². The lowest BCUT2D eigenvalue weighted by atomic mass is 10.0. The van der Waals surface area contributed by atoms with Crippen LogP contribution in [0, 0.1) is 25.2 Å². The number of carbonyl (C=O) groups is 2. The first-order valence-electron chi connectivity index (χ1n) is 10.6. The Labute approximate surface area is 220 Å². The number of thioether (sulfide) groups is 1. The van der Waals surface area contributed by atoms with E-state index in [9.17, 15) is 14.9 Å². The molecule has 0 radical (unpaired) electrons. The maximum atomic E-state index is 13.5. The first-order valence-corrected chi connectivity index (χ1v) is 13.2. The van der Waals surface area contributed by atoms with Gasteiger partial charge in [0.25, 0.3) is 11.8 Å². The smallest absolute Gasteiger partial charge is 0.274 e. The molecule has 0 spiro atoms. The maximum Gasteiger partial charge on any atom is 0.274 e. The van der Waals surface area contributed by atoms with Gasteiger partial charge in [0.1, 0.15) is 5.69 Å². The Balaban J connectivity index is 1.74. The molecular formula is C24H20ClN7O2S2. The van der Waals surface area contributed by atoms with Crippen molar-refractivity contribution in [2.24, 2.45) is 0 Å². The van der Waals surface area contributed by atoms with Crippen molar-refractivity contribution in [2.75, 3.05) is 16.9 Å². The molecule has 3 aromatic heterocycles. The molecular weight excluding hydrogens is 518 g/mol. The number of nitrogens with zero attached hydrogens (tertiary/aromatic N) is 5. The summed E-state index contributed by atoms with van der Waals surface area (Å²) in [6, 6.07) is 10.1. The molecule has 0 saturated heterocycles. The Hall–Kier alpha value is -3.72. The van der Waals surface area contributed by atoms with Crippen molar-refractivity contribution >= 4 is 57.3 Å². The van der Waals surface area contributed by atoms with Crippen molar-refractivity contribution in [3.63, 3.8) is 0 Å². The highest BCUT2D eigenvalue weighted by molar-refractivity contribution is 7.97. The number of rotatable bonds is 7. The second-order valence-electron chi connectivity index (χ2n) is 7.69. The fourth-order valence-electron chi connectivity index (χ4n) is 3.46. The molecule has 1 aromatic carbocycles. The van der Waals surface area contributed by atoms with Crippen molar-refractivity contribution < 1.29 is 9.59 Å². The Morgan fingerprint density at radius 1 is 1.19 bits per heavy atom. The van der Waals surface area contributed by atoms with Crippen molar-refractivity contribution in [3.8, 4) is 11.9 Å². The van der Waals surface area contributed by atoms with Crippen LogP contribution in [0.25, 0.3) is 5.82 Å². The van der Waals surface area contributed by atoms with Crippen LogP contribution < -0.4 is 10.6 Å². The van der Waals surface area contributed by atoms with Crippen molar-refractivity contribution in [3.05, 3.63) is 80.7 Å². The number of halogens is 1. The lowest BCUT2D eigenvalue weighted by Gasteiger charge is -2.15. The summed E-state index contributed by atoms with van der Waals surface area (Å²) in [6.07, 6.45) is 5.14. The van der Waals surface area contributed by atoms with E-state index < -0.39 is 11.8 Å². The van der Waals surface area contributed by atoms with Crippen LogP contribution in [-0.2, 0) is 5.75 Å². The summed E-state index contributed by atoms with van der Waals surface area (Å²) in [4.78, 5) is 36.1. The molecule has 4 aromatic rings. The first-order chi connectivity index (χ1) is 17.3. The summed E-state index contributed by atoms with van der Waals surface area (Å²) >= 11 is 9.22. The average Bonchev–Trinajstić information content (AvgIpc) is 3.46. The molecule has 0 unspecified atom stereocenters. The van der Waals surface area contributed by atoms with E-state index in [1.165, 1.54) is 22.1 Å². The van der Waals surface area contributed by atoms with Gasteiger partial charge in [-0.2, -0.15) is 22.1 Å². The van der Waals surface area contributed by atoms with E-state index in [4.69, 9.17) is 11.6 Å². The van der Waals surface area contributed by atoms with Gasteiger partial charge in [-0.25, -0.2) is 14.6 Å². The highest BCUT2D eigenvalue weighted by atomic mass is 35.5. The molecule has 0 saturated carbocycles. The van der Waals surface area contributed by atoms with Gasteiger partial charge >= 0.3 is 0 Å². The molecule has 12 heteroatoms. The van der Waals surface area contributed by atoms with Crippen LogP contribution in [-0.4, -0.2) is 37.8 Å². The minimum absolute atomic E-state index is 0.138. The zero-order valence-corrected chi connectivity index (χ0v) is 21.9. The highest BCUT2D eigenvalue weighted by Gasteiger charge is 2.23. The van der Waals surface area contributed by atoms with E-state index in [1.807, 2.05) is 13.2 Å². The molecule has 0 aliphatic rings. The van der Waals surface area contributed by atoms with E-state index in [0.29, 0.717) is 38.5 Å². The number of aryl methyl sites for hydroxylation is 2. The molecule has 0 fully saturated rings. The summed E-state index contributed by atoms with van der Waals surface area (Å²) in [6.45, 7) is 3.59. The van der Waals surface area contributed by atoms with Crippen molar-refractivity contribution in [2.45, 2.75) is 19.6 Å². The number of carbonyl (C=O) groups excluding carboxylic acids is 2. The number of nitriles is 1. The Bertz CT molecular complexity index is 1510. The predicted octanol–water partition coefficient (Wildman–Crippen LogP) is 5.23. The summed E-state index contributed by atoms with van der Waals surface area (Å²) < 4.78 is 1.39. The third-order valence-electron chi connectivity index (χ3n) is 5.01. The summed E-state index contributed by atoms with van der Waals surface area (Å²) in [5.41, 5.74) is 2.12. The van der Waals surface area contributed by atoms with Gasteiger partial charge in [0.15, 0.2) is 10.9 Å². The molecule has 0 aliphatic heterocycles. The van der Waals surface area contributed by atoms with Gasteiger partial charge < -0.3 is 5.32 Å². The minimum Gasteiger partial charge on any atom is -0.320 e. The van der Waals surface area contributed by atoms with Crippen LogP contribution in [0.15, 0.2) is 42.7 Å². The van der Waals surface area contributed by atoms with Gasteiger partial charge in [-0.15, -0.1) is 11.3 Å². The van der Waals surface area contributed by atoms with Gasteiger partial charge in [0, 0.05) is 23.0 Å². The minimum atomic E-state index is -0.511. The number of hydrogen-bond acceptors (Lipinski definition) is 8. The van der Waals surface area contributed by atoms with Crippen LogP contribution >= 0.6 is 34.7 Å². The maximum absolute atomic E-state index is 13.5. The lowest BCUT2D eigenvalue weighted by Crippen LogP contribution is -2.22. The standard InChI is InChI=1S/C24H20ClN7O2S2/c1-13-7-15(10-26)8-17(22(33)30-24-28-11-14(2)36-24)20(13)29-23(34)19-9-16(12-35-3)31-32(19)21-18(25)5-4-6-27-21/h4-9,11H,12H2,1-3H3,(H,29,34)(H,28,30,33). The Morgan fingerprint density at radius 3 is 2.67 bits per heavy atom. The van der Waals surface area contributed by atoms with Gasteiger partial charge in [-0.05, 0) is 56.0 Å². The molecule has 182 valence electrons.